The number of anilines is 1. The summed E-state index contributed by atoms with van der Waals surface area (Å²) in [5.74, 6) is 0.583. The molecular formula is C10H9NO3. The second-order valence-electron chi connectivity index (χ2n) is 2.82. The fourth-order valence-electron chi connectivity index (χ4n) is 1.31. The lowest BCUT2D eigenvalue weighted by Gasteiger charge is -2.15. The number of rotatable bonds is 0. The van der Waals surface area contributed by atoms with Crippen LogP contribution in [0.2, 0.25) is 0 Å². The lowest BCUT2D eigenvalue weighted by molar-refractivity contribution is 0.204. The fourth-order valence-corrected chi connectivity index (χ4v) is 1.31. The highest BCUT2D eigenvalue weighted by atomic mass is 16.5. The Morgan fingerprint density at radius 3 is 3.00 bits per heavy atom. The number of benzene rings is 1. The van der Waals surface area contributed by atoms with Gasteiger partial charge in [-0.05, 0) is 18.2 Å². The molecule has 1 N–H and O–H groups in total. The molecule has 1 amide bonds. The molecule has 1 aromatic rings. The minimum absolute atomic E-state index is 0.390. The van der Waals surface area contributed by atoms with Gasteiger partial charge in [0.15, 0.2) is 0 Å². The van der Waals surface area contributed by atoms with E-state index in [9.17, 15) is 4.79 Å². The van der Waals surface area contributed by atoms with Crippen molar-refractivity contribution >= 4 is 11.8 Å². The van der Waals surface area contributed by atoms with Crippen molar-refractivity contribution in [2.24, 2.45) is 0 Å². The molecule has 0 aromatic heterocycles. The Morgan fingerprint density at radius 2 is 2.21 bits per heavy atom. The van der Waals surface area contributed by atoms with Crippen LogP contribution in [0.1, 0.15) is 0 Å². The van der Waals surface area contributed by atoms with Crippen LogP contribution in [-0.4, -0.2) is 17.8 Å². The molecule has 1 aromatic carbocycles. The summed E-state index contributed by atoms with van der Waals surface area (Å²) in [6.07, 6.45) is 2.14. The molecule has 0 fully saturated rings. The molecule has 0 unspecified atom stereocenters. The first-order chi connectivity index (χ1) is 6.79. The highest BCUT2D eigenvalue weighted by Crippen LogP contribution is 2.29. The first kappa shape index (κ1) is 8.62. The van der Waals surface area contributed by atoms with Gasteiger partial charge in [0.25, 0.3) is 0 Å². The third-order valence-electron chi connectivity index (χ3n) is 1.92. The minimum atomic E-state index is -1.01. The predicted molar refractivity (Wildman–Crippen MR) is 51.6 cm³/mol. The zero-order chi connectivity index (χ0) is 9.97. The van der Waals surface area contributed by atoms with Gasteiger partial charge in [-0.1, -0.05) is 12.1 Å². The van der Waals surface area contributed by atoms with E-state index in [2.05, 4.69) is 0 Å². The van der Waals surface area contributed by atoms with Crippen LogP contribution in [0.4, 0.5) is 10.5 Å². The Labute approximate surface area is 81.0 Å². The summed E-state index contributed by atoms with van der Waals surface area (Å²) in [5, 5.41) is 8.93. The van der Waals surface area contributed by atoms with Gasteiger partial charge in [-0.2, -0.15) is 0 Å². The molecule has 0 bridgehead atoms. The number of para-hydroxylation sites is 2. The van der Waals surface area contributed by atoms with Crippen molar-refractivity contribution in [1.29, 1.82) is 0 Å². The Bertz CT molecular complexity index is 387. The predicted octanol–water partition coefficient (Wildman–Crippen LogP) is 2.08. The molecule has 0 spiro atoms. The van der Waals surface area contributed by atoms with E-state index in [0.29, 0.717) is 18.0 Å². The van der Waals surface area contributed by atoms with Crippen LogP contribution in [0.5, 0.6) is 5.75 Å². The summed E-state index contributed by atoms with van der Waals surface area (Å²) in [6, 6.07) is 7.04. The lowest BCUT2D eigenvalue weighted by Crippen LogP contribution is -2.22. The molecule has 0 radical (unpaired) electrons. The molecule has 0 aliphatic carbocycles. The molecular weight excluding hydrogens is 182 g/mol. The van der Waals surface area contributed by atoms with E-state index < -0.39 is 6.09 Å². The normalized spacial score (nSPS) is 14.1. The minimum Gasteiger partial charge on any atom is -0.487 e. The number of amides is 1. The van der Waals surface area contributed by atoms with Crippen molar-refractivity contribution in [3.8, 4) is 5.75 Å². The second kappa shape index (κ2) is 3.41. The fraction of sp³-hybridized carbons (Fsp3) is 0.100. The average molecular weight is 191 g/mol. The van der Waals surface area contributed by atoms with E-state index in [4.69, 9.17) is 9.84 Å². The van der Waals surface area contributed by atoms with Crippen LogP contribution in [0, 0.1) is 0 Å². The Balaban J connectivity index is 2.48. The maximum Gasteiger partial charge on any atom is 0.416 e. The van der Waals surface area contributed by atoms with Gasteiger partial charge in [0.05, 0.1) is 5.69 Å². The Kier molecular flexibility index (Phi) is 2.10. The topological polar surface area (TPSA) is 49.8 Å². The smallest absolute Gasteiger partial charge is 0.416 e. The second-order valence-corrected chi connectivity index (χ2v) is 2.82. The van der Waals surface area contributed by atoms with Crippen LogP contribution < -0.4 is 9.64 Å². The Hall–Kier alpha value is -1.97. The molecule has 0 atom stereocenters. The van der Waals surface area contributed by atoms with E-state index in [1.807, 2.05) is 6.07 Å². The number of carboxylic acid groups (broad SMARTS) is 1. The third kappa shape index (κ3) is 1.42. The summed E-state index contributed by atoms with van der Waals surface area (Å²) in [4.78, 5) is 12.0. The molecule has 1 aliphatic heterocycles. The number of hydrogen-bond acceptors (Lipinski definition) is 2. The number of nitrogens with zero attached hydrogens (tertiary/aromatic N) is 1. The maximum atomic E-state index is 10.9. The van der Waals surface area contributed by atoms with Gasteiger partial charge < -0.3 is 9.84 Å². The molecule has 2 rings (SSSR count). The summed E-state index contributed by atoms with van der Waals surface area (Å²) in [6.45, 7) is 0.390. The van der Waals surface area contributed by atoms with Gasteiger partial charge in [-0.15, -0.1) is 0 Å². The van der Waals surface area contributed by atoms with Crippen molar-refractivity contribution in [3.63, 3.8) is 0 Å². The van der Waals surface area contributed by atoms with E-state index in [-0.39, 0.29) is 0 Å². The first-order valence-electron chi connectivity index (χ1n) is 4.19. The van der Waals surface area contributed by atoms with Crippen LogP contribution in [-0.2, 0) is 0 Å². The average Bonchev–Trinajstić information content (AvgIpc) is 2.39. The van der Waals surface area contributed by atoms with Crippen molar-refractivity contribution < 1.29 is 14.6 Å². The highest BCUT2D eigenvalue weighted by Gasteiger charge is 2.17. The van der Waals surface area contributed by atoms with Gasteiger partial charge >= 0.3 is 6.09 Å². The molecule has 0 saturated carbocycles. The number of hydrogen-bond donors (Lipinski definition) is 1. The molecule has 0 saturated heterocycles. The molecule has 72 valence electrons. The van der Waals surface area contributed by atoms with Gasteiger partial charge in [0.1, 0.15) is 12.4 Å². The monoisotopic (exact) mass is 191 g/mol. The number of fused-ring (bicyclic) bond motifs is 1. The van der Waals surface area contributed by atoms with Crippen LogP contribution in [0.25, 0.3) is 0 Å². The molecule has 4 heteroatoms. The molecule has 14 heavy (non-hydrogen) atoms. The highest BCUT2D eigenvalue weighted by molar-refractivity contribution is 5.90. The maximum absolute atomic E-state index is 10.9. The summed E-state index contributed by atoms with van der Waals surface area (Å²) < 4.78 is 5.34. The first-order valence-corrected chi connectivity index (χ1v) is 4.19. The van der Waals surface area contributed by atoms with Crippen molar-refractivity contribution in [3.05, 3.63) is 36.5 Å². The molecule has 1 aliphatic rings. The lowest BCUT2D eigenvalue weighted by atomic mass is 10.3. The Morgan fingerprint density at radius 1 is 1.43 bits per heavy atom. The molecule has 1 heterocycles. The number of ether oxygens (including phenoxy) is 1. The van der Waals surface area contributed by atoms with Gasteiger partial charge in [0, 0.05) is 6.20 Å². The summed E-state index contributed by atoms with van der Waals surface area (Å²) in [7, 11) is 0. The van der Waals surface area contributed by atoms with E-state index >= 15 is 0 Å². The van der Waals surface area contributed by atoms with Crippen LogP contribution >= 0.6 is 0 Å². The summed E-state index contributed by atoms with van der Waals surface area (Å²) in [5.41, 5.74) is 0.550. The zero-order valence-electron chi connectivity index (χ0n) is 7.38. The van der Waals surface area contributed by atoms with Crippen molar-refractivity contribution in [2.75, 3.05) is 11.5 Å². The van der Waals surface area contributed by atoms with E-state index in [1.54, 1.807) is 24.3 Å². The van der Waals surface area contributed by atoms with Crippen molar-refractivity contribution in [1.82, 2.24) is 0 Å². The zero-order valence-corrected chi connectivity index (χ0v) is 7.38. The van der Waals surface area contributed by atoms with Gasteiger partial charge in [-0.3, -0.25) is 0 Å². The summed E-state index contributed by atoms with van der Waals surface area (Å²) >= 11 is 0. The largest absolute Gasteiger partial charge is 0.487 e. The van der Waals surface area contributed by atoms with Crippen molar-refractivity contribution in [2.45, 2.75) is 0 Å². The van der Waals surface area contributed by atoms with Crippen LogP contribution in [0.3, 0.4) is 0 Å². The standard InChI is InChI=1S/C10H9NO3/c12-10(13)11-6-3-7-14-9-5-2-1-4-8(9)11/h1-6H,7H2,(H,12,13). The SMILES string of the molecule is O=C(O)N1C=CCOc2ccccc21. The third-order valence-corrected chi connectivity index (χ3v) is 1.92. The van der Waals surface area contributed by atoms with Gasteiger partial charge in [0.2, 0.25) is 0 Å². The van der Waals surface area contributed by atoms with E-state index in [1.165, 1.54) is 6.20 Å². The van der Waals surface area contributed by atoms with E-state index in [0.717, 1.165) is 4.90 Å². The quantitative estimate of drug-likeness (QED) is 0.683. The number of carbonyl (C=O) groups is 1. The molecule has 4 nitrogen and oxygen atoms in total. The van der Waals surface area contributed by atoms with Gasteiger partial charge in [-0.25, -0.2) is 9.69 Å². The van der Waals surface area contributed by atoms with Crippen LogP contribution in [0.15, 0.2) is 36.5 Å².